The molecule has 1 heterocycles. The van der Waals surface area contributed by atoms with E-state index >= 15 is 0 Å². The summed E-state index contributed by atoms with van der Waals surface area (Å²) in [5.41, 5.74) is 4.08. The number of hydrogen-bond donors (Lipinski definition) is 1. The summed E-state index contributed by atoms with van der Waals surface area (Å²) in [4.78, 5) is 17.9. The van der Waals surface area contributed by atoms with Gasteiger partial charge >= 0.3 is 5.97 Å². The topological polar surface area (TPSA) is 53.4 Å². The number of nitrogens with zero attached hydrogens (tertiary/aromatic N) is 2. The molecular formula is C14H16N2O2S. The van der Waals surface area contributed by atoms with Gasteiger partial charge in [0.15, 0.2) is 0 Å². The van der Waals surface area contributed by atoms with Gasteiger partial charge in [-0.25, -0.2) is 0 Å². The molecular weight excluding hydrogens is 260 g/mol. The molecule has 1 aromatic heterocycles. The van der Waals surface area contributed by atoms with Gasteiger partial charge in [-0.3, -0.25) is 14.7 Å². The molecule has 0 amide bonds. The van der Waals surface area contributed by atoms with Crippen LogP contribution >= 0.6 is 11.3 Å². The molecule has 0 aliphatic rings. The number of benzene rings is 1. The average Bonchev–Trinajstić information content (AvgIpc) is 2.80. The number of hydrogen-bond acceptors (Lipinski definition) is 4. The Hall–Kier alpha value is -1.72. The fourth-order valence-electron chi connectivity index (χ4n) is 1.97. The van der Waals surface area contributed by atoms with Gasteiger partial charge < -0.3 is 5.11 Å². The van der Waals surface area contributed by atoms with Crippen LogP contribution in [0.3, 0.4) is 0 Å². The maximum atomic E-state index is 10.9. The van der Waals surface area contributed by atoms with E-state index in [-0.39, 0.29) is 6.54 Å². The molecule has 0 radical (unpaired) electrons. The smallest absolute Gasteiger partial charge is 0.317 e. The van der Waals surface area contributed by atoms with Crippen LogP contribution < -0.4 is 0 Å². The number of aryl methyl sites for hydroxylation is 1. The minimum atomic E-state index is -0.808. The largest absolute Gasteiger partial charge is 0.480 e. The van der Waals surface area contributed by atoms with Crippen LogP contribution in [-0.4, -0.2) is 27.5 Å². The van der Waals surface area contributed by atoms with E-state index in [1.165, 1.54) is 5.56 Å². The first kappa shape index (κ1) is 13.7. The summed E-state index contributed by atoms with van der Waals surface area (Å²) < 4.78 is 0. The van der Waals surface area contributed by atoms with Crippen LogP contribution in [0.25, 0.3) is 0 Å². The Morgan fingerprint density at radius 3 is 2.89 bits per heavy atom. The molecule has 0 aliphatic heterocycles. The number of thiazole rings is 1. The molecule has 0 aliphatic carbocycles. The predicted octanol–water partition coefficient (Wildman–Crippen LogP) is 2.54. The minimum absolute atomic E-state index is 0.0336. The van der Waals surface area contributed by atoms with E-state index in [0.717, 1.165) is 10.4 Å². The summed E-state index contributed by atoms with van der Waals surface area (Å²) in [6, 6.07) is 8.14. The predicted molar refractivity (Wildman–Crippen MR) is 75.0 cm³/mol. The molecule has 19 heavy (non-hydrogen) atoms. The molecule has 0 spiro atoms. The number of carbonyl (C=O) groups is 1. The quantitative estimate of drug-likeness (QED) is 0.881. The van der Waals surface area contributed by atoms with Crippen molar-refractivity contribution in [3.8, 4) is 0 Å². The molecule has 1 N–H and O–H groups in total. The second-order valence-electron chi connectivity index (χ2n) is 4.50. The first-order valence-electron chi connectivity index (χ1n) is 6.00. The maximum absolute atomic E-state index is 10.9. The highest BCUT2D eigenvalue weighted by Crippen LogP contribution is 2.13. The van der Waals surface area contributed by atoms with E-state index in [1.807, 2.05) is 30.0 Å². The Labute approximate surface area is 116 Å². The number of carboxylic acids is 1. The third kappa shape index (κ3) is 4.46. The zero-order valence-electron chi connectivity index (χ0n) is 10.7. The van der Waals surface area contributed by atoms with Crippen LogP contribution in [0.4, 0.5) is 0 Å². The molecule has 1 aromatic carbocycles. The number of carboxylic acid groups (broad SMARTS) is 1. The minimum Gasteiger partial charge on any atom is -0.480 e. The monoisotopic (exact) mass is 276 g/mol. The number of aliphatic carboxylic acids is 1. The van der Waals surface area contributed by atoms with E-state index in [4.69, 9.17) is 5.11 Å². The highest BCUT2D eigenvalue weighted by Gasteiger charge is 2.12. The fourth-order valence-corrected chi connectivity index (χ4v) is 2.60. The lowest BCUT2D eigenvalue weighted by Gasteiger charge is -2.19. The highest BCUT2D eigenvalue weighted by atomic mass is 32.1. The van der Waals surface area contributed by atoms with E-state index in [1.54, 1.807) is 23.0 Å². The summed E-state index contributed by atoms with van der Waals surface area (Å²) in [6.45, 7) is 3.32. The summed E-state index contributed by atoms with van der Waals surface area (Å²) in [6.07, 6.45) is 1.79. The Morgan fingerprint density at radius 2 is 2.26 bits per heavy atom. The van der Waals surface area contributed by atoms with E-state index in [2.05, 4.69) is 11.1 Å². The second kappa shape index (κ2) is 6.45. The first-order valence-corrected chi connectivity index (χ1v) is 6.88. The van der Waals surface area contributed by atoms with Crippen molar-refractivity contribution in [2.24, 2.45) is 0 Å². The van der Waals surface area contributed by atoms with E-state index in [9.17, 15) is 4.79 Å². The Bertz CT molecular complexity index is 540. The van der Waals surface area contributed by atoms with Crippen LogP contribution in [0.15, 0.2) is 36.0 Å². The Morgan fingerprint density at radius 1 is 1.42 bits per heavy atom. The molecule has 0 fully saturated rings. The van der Waals surface area contributed by atoms with Crippen molar-refractivity contribution in [2.75, 3.05) is 6.54 Å². The van der Waals surface area contributed by atoms with Crippen LogP contribution in [0.2, 0.25) is 0 Å². The van der Waals surface area contributed by atoms with Crippen molar-refractivity contribution in [3.05, 3.63) is 52.0 Å². The van der Waals surface area contributed by atoms with Gasteiger partial charge in [-0.1, -0.05) is 29.8 Å². The molecule has 100 valence electrons. The molecule has 5 heteroatoms. The zero-order valence-corrected chi connectivity index (χ0v) is 11.6. The standard InChI is InChI=1S/C14H16N2O2S/c1-11-3-2-4-12(5-11)7-16(9-14(17)18)8-13-6-15-10-19-13/h2-6,10H,7-9H2,1H3,(H,17,18). The van der Waals surface area contributed by atoms with Crippen molar-refractivity contribution < 1.29 is 9.90 Å². The van der Waals surface area contributed by atoms with Crippen LogP contribution in [0, 0.1) is 6.92 Å². The third-order valence-electron chi connectivity index (χ3n) is 2.71. The third-order valence-corrected chi connectivity index (χ3v) is 3.47. The average molecular weight is 276 g/mol. The summed E-state index contributed by atoms with van der Waals surface area (Å²) in [7, 11) is 0. The number of rotatable bonds is 6. The first-order chi connectivity index (χ1) is 9.13. The van der Waals surface area contributed by atoms with Crippen molar-refractivity contribution in [3.63, 3.8) is 0 Å². The van der Waals surface area contributed by atoms with Crippen molar-refractivity contribution in [1.29, 1.82) is 0 Å². The van der Waals surface area contributed by atoms with Gasteiger partial charge in [0.1, 0.15) is 0 Å². The Balaban J connectivity index is 2.07. The Kier molecular flexibility index (Phi) is 4.65. The summed E-state index contributed by atoms with van der Waals surface area (Å²) in [5.74, 6) is -0.808. The molecule has 0 saturated carbocycles. The summed E-state index contributed by atoms with van der Waals surface area (Å²) >= 11 is 1.55. The van der Waals surface area contributed by atoms with Gasteiger partial charge in [0, 0.05) is 24.2 Å². The van der Waals surface area contributed by atoms with Gasteiger partial charge in [-0.05, 0) is 12.5 Å². The molecule has 0 unspecified atom stereocenters. The van der Waals surface area contributed by atoms with Gasteiger partial charge in [-0.15, -0.1) is 11.3 Å². The van der Waals surface area contributed by atoms with Gasteiger partial charge in [-0.2, -0.15) is 0 Å². The van der Waals surface area contributed by atoms with Crippen LogP contribution in [0.5, 0.6) is 0 Å². The van der Waals surface area contributed by atoms with E-state index < -0.39 is 5.97 Å². The lowest BCUT2D eigenvalue weighted by atomic mass is 10.1. The van der Waals surface area contributed by atoms with Gasteiger partial charge in [0.05, 0.1) is 12.1 Å². The molecule has 0 saturated heterocycles. The molecule has 0 atom stereocenters. The lowest BCUT2D eigenvalue weighted by Crippen LogP contribution is -2.28. The molecule has 0 bridgehead atoms. The van der Waals surface area contributed by atoms with Crippen molar-refractivity contribution in [2.45, 2.75) is 20.0 Å². The van der Waals surface area contributed by atoms with E-state index in [0.29, 0.717) is 13.1 Å². The van der Waals surface area contributed by atoms with Crippen LogP contribution in [-0.2, 0) is 17.9 Å². The van der Waals surface area contributed by atoms with Gasteiger partial charge in [0.25, 0.3) is 0 Å². The highest BCUT2D eigenvalue weighted by molar-refractivity contribution is 7.09. The molecule has 2 aromatic rings. The molecule has 2 rings (SSSR count). The van der Waals surface area contributed by atoms with Crippen molar-refractivity contribution in [1.82, 2.24) is 9.88 Å². The van der Waals surface area contributed by atoms with Crippen LogP contribution in [0.1, 0.15) is 16.0 Å². The fraction of sp³-hybridized carbons (Fsp3) is 0.286. The normalized spacial score (nSPS) is 10.8. The van der Waals surface area contributed by atoms with Gasteiger partial charge in [0.2, 0.25) is 0 Å². The zero-order chi connectivity index (χ0) is 13.7. The SMILES string of the molecule is Cc1cccc(CN(CC(=O)O)Cc2cncs2)c1. The lowest BCUT2D eigenvalue weighted by molar-refractivity contribution is -0.138. The second-order valence-corrected chi connectivity index (χ2v) is 5.47. The van der Waals surface area contributed by atoms with Crippen molar-refractivity contribution >= 4 is 17.3 Å². The summed E-state index contributed by atoms with van der Waals surface area (Å²) in [5, 5.41) is 8.99. The molecule has 4 nitrogen and oxygen atoms in total. The maximum Gasteiger partial charge on any atom is 0.317 e. The number of aromatic nitrogens is 1.